The summed E-state index contributed by atoms with van der Waals surface area (Å²) in [6, 6.07) is -0.624. The van der Waals surface area contributed by atoms with Crippen molar-refractivity contribution >= 4 is 5.91 Å². The average Bonchev–Trinajstić information content (AvgIpc) is 3.19. The molecule has 0 fully saturated rings. The largest absolute Gasteiger partial charge is 0.394 e. The molecular weight excluding hydrogens is 675 g/mol. The molecule has 0 radical (unpaired) electrons. The lowest BCUT2D eigenvalue weighted by Gasteiger charge is -2.20. The Morgan fingerprint density at radius 1 is 0.418 bits per heavy atom. The van der Waals surface area contributed by atoms with Crippen LogP contribution in [0.4, 0.5) is 0 Å². The number of nitrogens with one attached hydrogen (secondary N) is 1. The summed E-state index contributed by atoms with van der Waals surface area (Å²) < 4.78 is 0. The molecule has 0 aromatic heterocycles. The minimum atomic E-state index is -0.840. The third-order valence-corrected chi connectivity index (χ3v) is 11.7. The van der Waals surface area contributed by atoms with Gasteiger partial charge in [-0.05, 0) is 44.9 Å². The molecule has 0 saturated carbocycles. The molecule has 0 aliphatic rings. The third kappa shape index (κ3) is 43.8. The number of aliphatic hydroxyl groups excluding tert-OH is 2. The zero-order valence-corrected chi connectivity index (χ0v) is 37.5. The molecule has 55 heavy (non-hydrogen) atoms. The summed E-state index contributed by atoms with van der Waals surface area (Å²) >= 11 is 0. The molecule has 2 atom stereocenters. The van der Waals surface area contributed by atoms with Gasteiger partial charge in [-0.15, -0.1) is 0 Å². The van der Waals surface area contributed by atoms with Crippen LogP contribution in [0.1, 0.15) is 277 Å². The number of amides is 1. The van der Waals surface area contributed by atoms with Crippen LogP contribution in [0.2, 0.25) is 0 Å². The fourth-order valence-electron chi connectivity index (χ4n) is 7.82. The number of rotatable bonds is 46. The maximum absolute atomic E-state index is 12.3. The summed E-state index contributed by atoms with van der Waals surface area (Å²) in [4.78, 5) is 12.3. The van der Waals surface area contributed by atoms with E-state index < -0.39 is 12.1 Å². The second-order valence-corrected chi connectivity index (χ2v) is 17.2. The number of aliphatic hydroxyl groups is 2. The summed E-state index contributed by atoms with van der Waals surface area (Å²) in [5.41, 5.74) is 0. The van der Waals surface area contributed by atoms with Gasteiger partial charge in [0.1, 0.15) is 0 Å². The van der Waals surface area contributed by atoms with E-state index in [-0.39, 0.29) is 12.5 Å². The lowest BCUT2D eigenvalue weighted by atomic mass is 10.0. The Bertz CT molecular complexity index is 795. The zero-order chi connectivity index (χ0) is 40.0. The van der Waals surface area contributed by atoms with Crippen molar-refractivity contribution in [1.29, 1.82) is 0 Å². The predicted octanol–water partition coefficient (Wildman–Crippen LogP) is 16.0. The number of carbonyl (C=O) groups is 1. The van der Waals surface area contributed by atoms with Crippen molar-refractivity contribution in [3.8, 4) is 0 Å². The average molecular weight is 774 g/mol. The van der Waals surface area contributed by atoms with Crippen LogP contribution in [-0.2, 0) is 4.79 Å². The summed E-state index contributed by atoms with van der Waals surface area (Å²) in [5, 5.41) is 23.0. The van der Waals surface area contributed by atoms with Crippen LogP contribution in [0.3, 0.4) is 0 Å². The molecule has 2 unspecified atom stereocenters. The van der Waals surface area contributed by atoms with Gasteiger partial charge >= 0.3 is 0 Å². The molecule has 4 heteroatoms. The Kier molecular flexibility index (Phi) is 46.3. The molecule has 0 spiro atoms. The first-order valence-electron chi connectivity index (χ1n) is 25.1. The Balaban J connectivity index is 3.43. The Labute approximate surface area is 345 Å². The van der Waals surface area contributed by atoms with Crippen molar-refractivity contribution in [2.75, 3.05) is 6.61 Å². The SMILES string of the molecule is CCCCC/C=C\CCCCCCCC(=O)NC(CO)C(O)/C=C/CCCCCCCCCCCCCCCCCCCCCCCCCCCCCCC. The summed E-state index contributed by atoms with van der Waals surface area (Å²) in [7, 11) is 0. The molecular formula is C51H99NO3. The standard InChI is InChI=1S/C51H99NO3/c1-3-5-7-9-11-13-15-17-18-19-20-21-22-23-24-25-26-27-28-29-30-31-32-33-34-35-36-38-40-42-44-46-50(54)49(48-53)52-51(55)47-45-43-41-39-37-16-14-12-10-8-6-4-2/h12,14,44,46,49-50,53-54H,3-11,13,15-43,45,47-48H2,1-2H3,(H,52,55)/b14-12-,46-44+. The Hall–Kier alpha value is -1.13. The van der Waals surface area contributed by atoms with Crippen molar-refractivity contribution in [3.05, 3.63) is 24.3 Å². The molecule has 326 valence electrons. The maximum atomic E-state index is 12.3. The van der Waals surface area contributed by atoms with Gasteiger partial charge in [-0.25, -0.2) is 0 Å². The summed E-state index contributed by atoms with van der Waals surface area (Å²) in [5.74, 6) is -0.0718. The highest BCUT2D eigenvalue weighted by Gasteiger charge is 2.18. The fraction of sp³-hybridized carbons (Fsp3) is 0.902. The Morgan fingerprint density at radius 3 is 1.04 bits per heavy atom. The Morgan fingerprint density at radius 2 is 0.691 bits per heavy atom. The van der Waals surface area contributed by atoms with E-state index in [0.29, 0.717) is 6.42 Å². The highest BCUT2D eigenvalue weighted by molar-refractivity contribution is 5.76. The first kappa shape index (κ1) is 53.9. The predicted molar refractivity (Wildman–Crippen MR) is 244 cm³/mol. The number of hydrogen-bond donors (Lipinski definition) is 3. The van der Waals surface area contributed by atoms with E-state index in [9.17, 15) is 15.0 Å². The second kappa shape index (κ2) is 47.2. The van der Waals surface area contributed by atoms with Crippen molar-refractivity contribution in [3.63, 3.8) is 0 Å². The lowest BCUT2D eigenvalue weighted by molar-refractivity contribution is -0.123. The van der Waals surface area contributed by atoms with Crippen LogP contribution in [0.5, 0.6) is 0 Å². The summed E-state index contributed by atoms with van der Waals surface area (Å²) in [6.07, 6.45) is 61.9. The van der Waals surface area contributed by atoms with Crippen LogP contribution in [0.15, 0.2) is 24.3 Å². The van der Waals surface area contributed by atoms with Crippen molar-refractivity contribution < 1.29 is 15.0 Å². The first-order chi connectivity index (χ1) is 27.2. The van der Waals surface area contributed by atoms with E-state index >= 15 is 0 Å². The van der Waals surface area contributed by atoms with Crippen molar-refractivity contribution in [2.45, 2.75) is 289 Å². The van der Waals surface area contributed by atoms with Gasteiger partial charge in [0.05, 0.1) is 18.8 Å². The number of carbonyl (C=O) groups excluding carboxylic acids is 1. The second-order valence-electron chi connectivity index (χ2n) is 17.2. The van der Waals surface area contributed by atoms with E-state index in [0.717, 1.165) is 38.5 Å². The van der Waals surface area contributed by atoms with E-state index in [1.165, 1.54) is 218 Å². The van der Waals surface area contributed by atoms with Gasteiger partial charge in [-0.1, -0.05) is 250 Å². The van der Waals surface area contributed by atoms with Crippen LogP contribution in [-0.4, -0.2) is 34.9 Å². The smallest absolute Gasteiger partial charge is 0.220 e. The van der Waals surface area contributed by atoms with Crippen molar-refractivity contribution in [1.82, 2.24) is 5.32 Å². The quantitative estimate of drug-likeness (QED) is 0.0426. The molecule has 0 heterocycles. The molecule has 0 rings (SSSR count). The highest BCUT2D eigenvalue weighted by atomic mass is 16.3. The fourth-order valence-corrected chi connectivity index (χ4v) is 7.82. The molecule has 0 aliphatic carbocycles. The molecule has 0 aromatic carbocycles. The van der Waals surface area contributed by atoms with Crippen LogP contribution < -0.4 is 5.32 Å². The molecule has 0 aliphatic heterocycles. The van der Waals surface area contributed by atoms with Gasteiger partial charge in [0.2, 0.25) is 5.91 Å². The van der Waals surface area contributed by atoms with Crippen LogP contribution in [0, 0.1) is 0 Å². The van der Waals surface area contributed by atoms with E-state index in [2.05, 4.69) is 31.3 Å². The minimum Gasteiger partial charge on any atom is -0.394 e. The van der Waals surface area contributed by atoms with Gasteiger partial charge in [-0.2, -0.15) is 0 Å². The van der Waals surface area contributed by atoms with Gasteiger partial charge < -0.3 is 15.5 Å². The zero-order valence-electron chi connectivity index (χ0n) is 37.5. The first-order valence-corrected chi connectivity index (χ1v) is 25.1. The minimum absolute atomic E-state index is 0.0718. The third-order valence-electron chi connectivity index (χ3n) is 11.7. The highest BCUT2D eigenvalue weighted by Crippen LogP contribution is 2.17. The molecule has 1 amide bonds. The monoisotopic (exact) mass is 774 g/mol. The van der Waals surface area contributed by atoms with Gasteiger partial charge in [0.15, 0.2) is 0 Å². The number of allylic oxidation sites excluding steroid dienone is 3. The van der Waals surface area contributed by atoms with Gasteiger partial charge in [-0.3, -0.25) is 4.79 Å². The lowest BCUT2D eigenvalue weighted by Crippen LogP contribution is -2.45. The summed E-state index contributed by atoms with van der Waals surface area (Å²) in [6.45, 7) is 4.30. The molecule has 0 bridgehead atoms. The molecule has 0 saturated heterocycles. The number of unbranched alkanes of at least 4 members (excludes halogenated alkanes) is 37. The number of hydrogen-bond acceptors (Lipinski definition) is 3. The van der Waals surface area contributed by atoms with E-state index in [4.69, 9.17) is 0 Å². The van der Waals surface area contributed by atoms with Crippen LogP contribution >= 0.6 is 0 Å². The molecule has 0 aromatic rings. The topological polar surface area (TPSA) is 69.6 Å². The maximum Gasteiger partial charge on any atom is 0.220 e. The van der Waals surface area contributed by atoms with Crippen LogP contribution in [0.25, 0.3) is 0 Å². The van der Waals surface area contributed by atoms with E-state index in [1.807, 2.05) is 6.08 Å². The van der Waals surface area contributed by atoms with Gasteiger partial charge in [0, 0.05) is 6.42 Å². The van der Waals surface area contributed by atoms with Crippen molar-refractivity contribution in [2.24, 2.45) is 0 Å². The normalized spacial score (nSPS) is 13.0. The van der Waals surface area contributed by atoms with E-state index in [1.54, 1.807) is 6.08 Å². The molecule has 3 N–H and O–H groups in total. The molecule has 4 nitrogen and oxygen atoms in total. The van der Waals surface area contributed by atoms with Gasteiger partial charge in [0.25, 0.3) is 0 Å².